The van der Waals surface area contributed by atoms with Gasteiger partial charge < -0.3 is 9.47 Å². The minimum atomic E-state index is -3.44. The van der Waals surface area contributed by atoms with Crippen LogP contribution < -0.4 is 9.46 Å². The number of anilines is 1. The van der Waals surface area contributed by atoms with Crippen molar-refractivity contribution in [3.8, 4) is 17.0 Å². The van der Waals surface area contributed by atoms with Crippen molar-refractivity contribution in [2.75, 3.05) is 30.6 Å². The molecule has 0 radical (unpaired) electrons. The Labute approximate surface area is 188 Å². The van der Waals surface area contributed by atoms with Crippen LogP contribution in [0, 0.1) is 0 Å². The van der Waals surface area contributed by atoms with Crippen molar-refractivity contribution < 1.29 is 17.9 Å². The van der Waals surface area contributed by atoms with Gasteiger partial charge in [0.25, 0.3) is 0 Å². The van der Waals surface area contributed by atoms with Gasteiger partial charge in [-0.1, -0.05) is 49.6 Å². The first kappa shape index (κ1) is 23.6. The molecule has 1 aromatic carbocycles. The van der Waals surface area contributed by atoms with Crippen molar-refractivity contribution in [1.82, 2.24) is 14.6 Å². The predicted molar refractivity (Wildman–Crippen MR) is 128 cm³/mol. The lowest BCUT2D eigenvalue weighted by molar-refractivity contribution is 0.0230. The predicted octanol–water partition coefficient (Wildman–Crippen LogP) is 4.18. The zero-order valence-corrected chi connectivity index (χ0v) is 21.0. The zero-order valence-electron chi connectivity index (χ0n) is 18.4. The molecule has 0 saturated heterocycles. The largest absolute Gasteiger partial charge is 0.465 e. The summed E-state index contributed by atoms with van der Waals surface area (Å²) in [6.45, 7) is 7.67. The molecule has 0 unspecified atom stereocenters. The Morgan fingerprint density at radius 3 is 2.65 bits per heavy atom. The molecule has 0 bridgehead atoms. The number of hydrogen-bond acceptors (Lipinski definition) is 7. The van der Waals surface area contributed by atoms with Crippen molar-refractivity contribution >= 4 is 41.1 Å². The number of thioether (sulfide) groups is 1. The van der Waals surface area contributed by atoms with E-state index in [4.69, 9.17) is 9.47 Å². The molecule has 0 spiro atoms. The third kappa shape index (κ3) is 6.45. The van der Waals surface area contributed by atoms with Crippen LogP contribution >= 0.6 is 11.8 Å². The maximum Gasteiger partial charge on any atom is 0.229 e. The summed E-state index contributed by atoms with van der Waals surface area (Å²) in [6.07, 6.45) is 4.72. The van der Waals surface area contributed by atoms with E-state index >= 15 is 0 Å². The summed E-state index contributed by atoms with van der Waals surface area (Å²) in [5, 5.41) is 5.17. The zero-order chi connectivity index (χ0) is 22.6. The van der Waals surface area contributed by atoms with Crippen LogP contribution in [-0.4, -0.2) is 57.0 Å². The maximum atomic E-state index is 11.8. The van der Waals surface area contributed by atoms with Crippen LogP contribution in [0.5, 0.6) is 5.75 Å². The highest BCUT2D eigenvalue weighted by Crippen LogP contribution is 2.35. The molecule has 3 aromatic rings. The molecule has 31 heavy (non-hydrogen) atoms. The van der Waals surface area contributed by atoms with E-state index in [2.05, 4.69) is 34.4 Å². The molecule has 11 heteroatoms. The Morgan fingerprint density at radius 2 is 1.97 bits per heavy atom. The molecule has 2 aromatic heterocycles. The molecule has 1 N–H and O–H groups in total. The third-order valence-corrected chi connectivity index (χ3v) is 7.28. The van der Waals surface area contributed by atoms with Gasteiger partial charge in [-0.15, -0.1) is 5.10 Å². The van der Waals surface area contributed by atoms with E-state index in [1.807, 2.05) is 24.5 Å². The summed E-state index contributed by atoms with van der Waals surface area (Å²) >= 11 is 1.42. The highest BCUT2D eigenvalue weighted by molar-refractivity contribution is 7.98. The molecular weight excluding hydrogens is 452 g/mol. The number of nitrogens with one attached hydrogen (secondary N) is 1. The van der Waals surface area contributed by atoms with E-state index in [0.29, 0.717) is 40.0 Å². The van der Waals surface area contributed by atoms with Gasteiger partial charge in [0.05, 0.1) is 23.8 Å². The van der Waals surface area contributed by atoms with Gasteiger partial charge in [0, 0.05) is 26.3 Å². The van der Waals surface area contributed by atoms with Gasteiger partial charge >= 0.3 is 0 Å². The smallest absolute Gasteiger partial charge is 0.229 e. The van der Waals surface area contributed by atoms with E-state index in [1.165, 1.54) is 11.8 Å². The van der Waals surface area contributed by atoms with Gasteiger partial charge in [-0.25, -0.2) is 17.9 Å². The number of aromatic nitrogens is 3. The summed E-state index contributed by atoms with van der Waals surface area (Å²) in [4.78, 5) is 4.36. The first-order valence-electron chi connectivity index (χ1n) is 9.78. The fourth-order valence-corrected chi connectivity index (χ4v) is 4.54. The Hall–Kier alpha value is -2.08. The van der Waals surface area contributed by atoms with Crippen molar-refractivity contribution in [3.63, 3.8) is 0 Å². The second-order valence-corrected chi connectivity index (χ2v) is 16.5. The Bertz CT molecular complexity index is 1160. The van der Waals surface area contributed by atoms with Crippen molar-refractivity contribution in [2.24, 2.45) is 0 Å². The molecule has 0 saturated carbocycles. The van der Waals surface area contributed by atoms with Gasteiger partial charge in [0.15, 0.2) is 12.5 Å². The van der Waals surface area contributed by atoms with Crippen molar-refractivity contribution in [2.45, 2.75) is 30.8 Å². The van der Waals surface area contributed by atoms with Gasteiger partial charge in [0.2, 0.25) is 15.2 Å². The SMILES string of the molecule is CSc1ncc2c(OCOCC[Si](C)(C)C)cc(-c3ccccc3NS(C)(=O)=O)n2n1. The van der Waals surface area contributed by atoms with Crippen LogP contribution in [0.25, 0.3) is 16.8 Å². The molecule has 2 heterocycles. The summed E-state index contributed by atoms with van der Waals surface area (Å²) in [7, 11) is -4.61. The normalized spacial score (nSPS) is 12.3. The molecule has 3 rings (SSSR count). The molecular formula is C20H28N4O4S2Si. The second kappa shape index (κ2) is 9.59. The molecule has 168 valence electrons. The number of fused-ring (bicyclic) bond motifs is 1. The van der Waals surface area contributed by atoms with E-state index in [-0.39, 0.29) is 6.79 Å². The summed E-state index contributed by atoms with van der Waals surface area (Å²) in [5.74, 6) is 0.574. The lowest BCUT2D eigenvalue weighted by Gasteiger charge is -2.15. The number of ether oxygens (including phenoxy) is 2. The van der Waals surface area contributed by atoms with E-state index in [1.54, 1.807) is 22.8 Å². The van der Waals surface area contributed by atoms with E-state index in [0.717, 1.165) is 12.3 Å². The number of sulfonamides is 1. The number of nitrogens with zero attached hydrogens (tertiary/aromatic N) is 3. The van der Waals surface area contributed by atoms with Gasteiger partial charge in [-0.05, 0) is 18.4 Å². The fraction of sp³-hybridized carbons (Fsp3) is 0.400. The topological polar surface area (TPSA) is 94.8 Å². The standard InChI is InChI=1S/C20H28N4O4S2Si/c1-29-20-21-13-18-19(28-14-27-10-11-31(3,4)5)12-17(24(18)22-20)15-8-6-7-9-16(15)23-30(2,25)26/h6-9,12-13,23H,10-11,14H2,1-5H3. The van der Waals surface area contributed by atoms with Crippen LogP contribution in [0.2, 0.25) is 25.7 Å². The lowest BCUT2D eigenvalue weighted by Crippen LogP contribution is -2.22. The van der Waals surface area contributed by atoms with Crippen LogP contribution in [0.1, 0.15) is 0 Å². The minimum Gasteiger partial charge on any atom is -0.465 e. The summed E-state index contributed by atoms with van der Waals surface area (Å²) < 4.78 is 39.6. The quantitative estimate of drug-likeness (QED) is 0.201. The number of para-hydroxylation sites is 1. The van der Waals surface area contributed by atoms with Crippen LogP contribution in [0.4, 0.5) is 5.69 Å². The molecule has 0 aliphatic rings. The molecule has 0 atom stereocenters. The highest BCUT2D eigenvalue weighted by atomic mass is 32.2. The Morgan fingerprint density at radius 1 is 1.23 bits per heavy atom. The molecule has 0 amide bonds. The van der Waals surface area contributed by atoms with E-state index in [9.17, 15) is 8.42 Å². The van der Waals surface area contributed by atoms with Crippen LogP contribution in [0.15, 0.2) is 41.7 Å². The summed E-state index contributed by atoms with van der Waals surface area (Å²) in [5.41, 5.74) is 2.52. The number of hydrogen-bond donors (Lipinski definition) is 1. The number of benzene rings is 1. The Balaban J connectivity index is 1.95. The van der Waals surface area contributed by atoms with Gasteiger partial charge in [0.1, 0.15) is 5.52 Å². The van der Waals surface area contributed by atoms with Crippen LogP contribution in [0.3, 0.4) is 0 Å². The average molecular weight is 481 g/mol. The first-order chi connectivity index (χ1) is 14.6. The highest BCUT2D eigenvalue weighted by Gasteiger charge is 2.18. The lowest BCUT2D eigenvalue weighted by atomic mass is 10.1. The maximum absolute atomic E-state index is 11.8. The Kier molecular flexibility index (Phi) is 7.30. The average Bonchev–Trinajstić information content (AvgIpc) is 3.03. The van der Waals surface area contributed by atoms with Gasteiger partial charge in [-0.2, -0.15) is 0 Å². The first-order valence-corrected chi connectivity index (χ1v) is 16.6. The van der Waals surface area contributed by atoms with Crippen molar-refractivity contribution in [3.05, 3.63) is 36.5 Å². The monoisotopic (exact) mass is 480 g/mol. The fourth-order valence-electron chi connectivity index (χ4n) is 2.89. The molecule has 0 fully saturated rings. The van der Waals surface area contributed by atoms with Crippen molar-refractivity contribution in [1.29, 1.82) is 0 Å². The van der Waals surface area contributed by atoms with Crippen LogP contribution in [-0.2, 0) is 14.8 Å². The summed E-state index contributed by atoms with van der Waals surface area (Å²) in [6, 6.07) is 10.1. The molecule has 0 aliphatic carbocycles. The van der Waals surface area contributed by atoms with E-state index < -0.39 is 18.1 Å². The third-order valence-electron chi connectivity index (χ3n) is 4.43. The number of rotatable bonds is 10. The van der Waals surface area contributed by atoms with Gasteiger partial charge in [-0.3, -0.25) is 4.72 Å². The molecule has 0 aliphatic heterocycles. The minimum absolute atomic E-state index is 0.122. The molecule has 8 nitrogen and oxygen atoms in total. The second-order valence-electron chi connectivity index (χ2n) is 8.34.